The minimum atomic E-state index is -4.33. The van der Waals surface area contributed by atoms with Gasteiger partial charge in [-0.25, -0.2) is 14.3 Å². The van der Waals surface area contributed by atoms with Gasteiger partial charge in [0.05, 0.1) is 18.1 Å². The second-order valence-electron chi connectivity index (χ2n) is 5.70. The summed E-state index contributed by atoms with van der Waals surface area (Å²) < 4.78 is 39.0. The van der Waals surface area contributed by atoms with Crippen LogP contribution in [0.15, 0.2) is 35.4 Å². The molecule has 0 saturated carbocycles. The molecule has 0 amide bonds. The fraction of sp³-hybridized carbons (Fsp3) is 0.316. The highest BCUT2D eigenvalue weighted by Crippen LogP contribution is 2.20. The number of rotatable bonds is 2. The molecule has 0 aliphatic rings. The standard InChI is InChI=1S/C10H13N2O.C9H12O3S/c1-3-4-5-9-8-10(13-2)6-7-12(9)11;1-6-4-7(2)9(8(3)5-6)13(10,11)12/h6-8H,3,11H2,1-2H3;4-5H,1-3H3,(H,10,11,12)/q+1;/p-1. The molecule has 0 spiro atoms. The van der Waals surface area contributed by atoms with E-state index in [4.69, 9.17) is 10.6 Å². The fourth-order valence-electron chi connectivity index (χ4n) is 2.46. The third kappa shape index (κ3) is 6.06. The van der Waals surface area contributed by atoms with Crippen molar-refractivity contribution in [2.24, 2.45) is 0 Å². The lowest BCUT2D eigenvalue weighted by molar-refractivity contribution is -0.641. The molecule has 0 fully saturated rings. The summed E-state index contributed by atoms with van der Waals surface area (Å²) in [4.78, 5) is -0.0851. The van der Waals surface area contributed by atoms with E-state index in [1.807, 2.05) is 19.9 Å². The Labute approximate surface area is 155 Å². The molecule has 0 aliphatic heterocycles. The Kier molecular flexibility index (Phi) is 7.62. The van der Waals surface area contributed by atoms with Crippen molar-refractivity contribution >= 4 is 10.1 Å². The van der Waals surface area contributed by atoms with Crippen LogP contribution in [0.1, 0.15) is 35.7 Å². The van der Waals surface area contributed by atoms with E-state index in [1.54, 1.807) is 45.4 Å². The number of benzene rings is 1. The average molecular weight is 376 g/mol. The Morgan fingerprint density at radius 3 is 2.23 bits per heavy atom. The number of nitrogens with two attached hydrogens (primary N) is 1. The Morgan fingerprint density at radius 2 is 1.77 bits per heavy atom. The predicted molar refractivity (Wildman–Crippen MR) is 99.1 cm³/mol. The molecule has 6 nitrogen and oxygen atoms in total. The van der Waals surface area contributed by atoms with Gasteiger partial charge in [0.2, 0.25) is 6.20 Å². The highest BCUT2D eigenvalue weighted by atomic mass is 32.2. The molecule has 2 rings (SSSR count). The van der Waals surface area contributed by atoms with Crippen molar-refractivity contribution < 1.29 is 22.4 Å². The minimum absolute atomic E-state index is 0.0851. The lowest BCUT2D eigenvalue weighted by atomic mass is 10.1. The molecule has 2 aromatic rings. The van der Waals surface area contributed by atoms with Crippen molar-refractivity contribution in [1.82, 2.24) is 0 Å². The molecule has 1 aromatic heterocycles. The van der Waals surface area contributed by atoms with Gasteiger partial charge in [-0.15, -0.1) is 0 Å². The number of nitrogen functional groups attached to an aromatic ring is 1. The number of methoxy groups -OCH3 is 1. The number of hydrogen-bond acceptors (Lipinski definition) is 5. The molecule has 1 heterocycles. The van der Waals surface area contributed by atoms with Gasteiger partial charge in [-0.05, 0) is 31.9 Å². The molecule has 7 heteroatoms. The van der Waals surface area contributed by atoms with Crippen LogP contribution in [0.2, 0.25) is 0 Å². The van der Waals surface area contributed by atoms with Crippen molar-refractivity contribution in [3.05, 3.63) is 52.8 Å². The van der Waals surface area contributed by atoms with E-state index in [1.165, 1.54) is 4.68 Å². The smallest absolute Gasteiger partial charge is 0.289 e. The van der Waals surface area contributed by atoms with Crippen LogP contribution >= 0.6 is 0 Å². The van der Waals surface area contributed by atoms with Crippen LogP contribution < -0.4 is 15.3 Å². The first-order chi connectivity index (χ1) is 12.1. The summed E-state index contributed by atoms with van der Waals surface area (Å²) in [6.45, 7) is 7.12. The van der Waals surface area contributed by atoms with Gasteiger partial charge in [0.15, 0.2) is 0 Å². The maximum absolute atomic E-state index is 10.8. The van der Waals surface area contributed by atoms with Crippen LogP contribution in [0.4, 0.5) is 0 Å². The molecule has 0 aliphatic carbocycles. The van der Waals surface area contributed by atoms with Gasteiger partial charge in [-0.1, -0.05) is 35.2 Å². The zero-order valence-corrected chi connectivity index (χ0v) is 16.5. The topological polar surface area (TPSA) is 96.3 Å². The molecule has 140 valence electrons. The minimum Gasteiger partial charge on any atom is -0.744 e. The highest BCUT2D eigenvalue weighted by molar-refractivity contribution is 7.85. The Balaban J connectivity index is 0.000000260. The molecule has 1 aromatic carbocycles. The van der Waals surface area contributed by atoms with Crippen molar-refractivity contribution in [3.8, 4) is 17.6 Å². The maximum Gasteiger partial charge on any atom is 0.289 e. The van der Waals surface area contributed by atoms with Crippen LogP contribution in [0, 0.1) is 32.6 Å². The fourth-order valence-corrected chi connectivity index (χ4v) is 3.37. The van der Waals surface area contributed by atoms with Gasteiger partial charge < -0.3 is 9.29 Å². The van der Waals surface area contributed by atoms with Gasteiger partial charge in [0.25, 0.3) is 5.69 Å². The predicted octanol–water partition coefficient (Wildman–Crippen LogP) is 1.97. The maximum atomic E-state index is 10.8. The summed E-state index contributed by atoms with van der Waals surface area (Å²) in [5.74, 6) is 12.3. The summed E-state index contributed by atoms with van der Waals surface area (Å²) in [6, 6.07) is 6.98. The van der Waals surface area contributed by atoms with Crippen LogP contribution in [-0.4, -0.2) is 20.1 Å². The van der Waals surface area contributed by atoms with Crippen LogP contribution in [-0.2, 0) is 10.1 Å². The SMILES string of the molecule is CCC#Cc1cc(OC)cc[n+]1N.Cc1cc(C)c(S(=O)(=O)[O-])c(C)c1. The van der Waals surface area contributed by atoms with E-state index in [0.717, 1.165) is 23.4 Å². The average Bonchev–Trinajstić information content (AvgIpc) is 2.52. The second-order valence-corrected chi connectivity index (χ2v) is 7.01. The molecule has 0 radical (unpaired) electrons. The van der Waals surface area contributed by atoms with Gasteiger partial charge in [-0.2, -0.15) is 0 Å². The number of aryl methyl sites for hydroxylation is 3. The van der Waals surface area contributed by atoms with Gasteiger partial charge in [-0.3, -0.25) is 0 Å². The van der Waals surface area contributed by atoms with Gasteiger partial charge in [0, 0.05) is 18.4 Å². The number of nitrogens with zero attached hydrogens (tertiary/aromatic N) is 1. The van der Waals surface area contributed by atoms with Crippen LogP contribution in [0.3, 0.4) is 0 Å². The first-order valence-electron chi connectivity index (χ1n) is 7.97. The molecule has 26 heavy (non-hydrogen) atoms. The lowest BCUT2D eigenvalue weighted by Gasteiger charge is -2.14. The zero-order valence-electron chi connectivity index (χ0n) is 15.7. The van der Waals surface area contributed by atoms with E-state index in [2.05, 4.69) is 11.8 Å². The molecule has 0 saturated heterocycles. The number of pyridine rings is 1. The highest BCUT2D eigenvalue weighted by Gasteiger charge is 2.09. The van der Waals surface area contributed by atoms with Crippen LogP contribution in [0.25, 0.3) is 0 Å². The van der Waals surface area contributed by atoms with Crippen molar-refractivity contribution in [2.75, 3.05) is 13.0 Å². The van der Waals surface area contributed by atoms with Crippen molar-refractivity contribution in [3.63, 3.8) is 0 Å². The summed E-state index contributed by atoms with van der Waals surface area (Å²) in [5, 5.41) is 0. The number of hydrogen-bond donors (Lipinski definition) is 1. The Bertz CT molecular complexity index is 919. The van der Waals surface area contributed by atoms with E-state index in [0.29, 0.717) is 11.1 Å². The summed E-state index contributed by atoms with van der Waals surface area (Å²) in [5.41, 5.74) is 2.75. The Morgan fingerprint density at radius 1 is 1.19 bits per heavy atom. The molecule has 0 atom stereocenters. The molecule has 0 unspecified atom stereocenters. The summed E-state index contributed by atoms with van der Waals surface area (Å²) >= 11 is 0. The quantitative estimate of drug-likeness (QED) is 0.374. The summed E-state index contributed by atoms with van der Waals surface area (Å²) in [7, 11) is -2.71. The first kappa shape index (κ1) is 21.5. The van der Waals surface area contributed by atoms with Gasteiger partial charge >= 0.3 is 0 Å². The second kappa shape index (κ2) is 9.22. The number of aromatic nitrogens is 1. The van der Waals surface area contributed by atoms with Crippen LogP contribution in [0.5, 0.6) is 5.75 Å². The monoisotopic (exact) mass is 376 g/mol. The third-order valence-electron chi connectivity index (χ3n) is 3.44. The zero-order chi connectivity index (χ0) is 19.9. The normalized spacial score (nSPS) is 10.2. The van der Waals surface area contributed by atoms with E-state index < -0.39 is 10.1 Å². The van der Waals surface area contributed by atoms with E-state index >= 15 is 0 Å². The van der Waals surface area contributed by atoms with Crippen molar-refractivity contribution in [2.45, 2.75) is 39.0 Å². The van der Waals surface area contributed by atoms with Gasteiger partial charge in [0.1, 0.15) is 15.9 Å². The largest absolute Gasteiger partial charge is 0.744 e. The lowest BCUT2D eigenvalue weighted by Crippen LogP contribution is -2.46. The Hall–Kier alpha value is -2.56. The molecule has 2 N–H and O–H groups in total. The third-order valence-corrected chi connectivity index (χ3v) is 4.58. The molecule has 0 bridgehead atoms. The number of ether oxygens (including phenoxy) is 1. The van der Waals surface area contributed by atoms with E-state index in [9.17, 15) is 13.0 Å². The van der Waals surface area contributed by atoms with E-state index in [-0.39, 0.29) is 4.90 Å². The summed E-state index contributed by atoms with van der Waals surface area (Å²) in [6.07, 6.45) is 2.54. The molecular formula is C19H24N2O4S. The van der Waals surface area contributed by atoms with Crippen molar-refractivity contribution in [1.29, 1.82) is 0 Å². The molecular weight excluding hydrogens is 352 g/mol. The first-order valence-corrected chi connectivity index (χ1v) is 9.38.